The van der Waals surface area contributed by atoms with Crippen LogP contribution in [0.2, 0.25) is 0 Å². The molecule has 0 aromatic heterocycles. The summed E-state index contributed by atoms with van der Waals surface area (Å²) >= 11 is 0. The van der Waals surface area contributed by atoms with Gasteiger partial charge in [-0.2, -0.15) is 0 Å². The Labute approximate surface area is 133 Å². The molecule has 124 valence electrons. The summed E-state index contributed by atoms with van der Waals surface area (Å²) in [5.41, 5.74) is 2.25. The maximum absolute atomic E-state index is 11.7. The first kappa shape index (κ1) is 18.3. The number of aliphatic hydroxyl groups is 1. The molecule has 1 rings (SSSR count). The Morgan fingerprint density at radius 1 is 1.27 bits per heavy atom. The molecule has 0 aliphatic heterocycles. The molecule has 2 amide bonds. The predicted molar refractivity (Wildman–Crippen MR) is 88.3 cm³/mol. The van der Waals surface area contributed by atoms with Crippen molar-refractivity contribution in [3.63, 3.8) is 0 Å². The van der Waals surface area contributed by atoms with Crippen molar-refractivity contribution in [3.05, 3.63) is 29.3 Å². The number of para-hydroxylation sites is 1. The van der Waals surface area contributed by atoms with Crippen molar-refractivity contribution < 1.29 is 14.6 Å². The molecule has 5 nitrogen and oxygen atoms in total. The van der Waals surface area contributed by atoms with Crippen molar-refractivity contribution in [3.8, 4) is 5.75 Å². The Morgan fingerprint density at radius 2 is 1.91 bits per heavy atom. The molecule has 0 radical (unpaired) electrons. The van der Waals surface area contributed by atoms with Crippen LogP contribution in [-0.4, -0.2) is 36.9 Å². The Balaban J connectivity index is 2.22. The summed E-state index contributed by atoms with van der Waals surface area (Å²) in [6, 6.07) is 5.80. The van der Waals surface area contributed by atoms with Crippen molar-refractivity contribution in [2.45, 2.75) is 40.2 Å². The molecule has 1 aromatic carbocycles. The smallest absolute Gasteiger partial charge is 0.315 e. The van der Waals surface area contributed by atoms with Gasteiger partial charge in [0, 0.05) is 19.2 Å². The molecule has 0 saturated carbocycles. The SMILES string of the molecule is Cc1cccc(C)c1OCCCNC(=O)NC(C)C(C)CO. The lowest BCUT2D eigenvalue weighted by atomic mass is 10.1. The molecule has 0 saturated heterocycles. The van der Waals surface area contributed by atoms with Crippen molar-refractivity contribution >= 4 is 6.03 Å². The second-order valence-corrected chi connectivity index (χ2v) is 5.77. The average molecular weight is 308 g/mol. The normalized spacial score (nSPS) is 13.3. The number of rotatable bonds is 8. The topological polar surface area (TPSA) is 70.6 Å². The fourth-order valence-electron chi connectivity index (χ4n) is 2.03. The third kappa shape index (κ3) is 5.93. The summed E-state index contributed by atoms with van der Waals surface area (Å²) in [4.78, 5) is 11.7. The Bertz CT molecular complexity index is 457. The monoisotopic (exact) mass is 308 g/mol. The van der Waals surface area contributed by atoms with Crippen LogP contribution in [0.4, 0.5) is 4.79 Å². The van der Waals surface area contributed by atoms with Gasteiger partial charge in [-0.1, -0.05) is 25.1 Å². The van der Waals surface area contributed by atoms with Gasteiger partial charge in [0.2, 0.25) is 0 Å². The first-order valence-electron chi connectivity index (χ1n) is 7.80. The highest BCUT2D eigenvalue weighted by molar-refractivity contribution is 5.74. The van der Waals surface area contributed by atoms with Gasteiger partial charge in [-0.25, -0.2) is 4.79 Å². The molecule has 5 heteroatoms. The summed E-state index contributed by atoms with van der Waals surface area (Å²) < 4.78 is 5.78. The molecule has 0 bridgehead atoms. The van der Waals surface area contributed by atoms with Gasteiger partial charge in [-0.3, -0.25) is 0 Å². The van der Waals surface area contributed by atoms with Gasteiger partial charge in [0.1, 0.15) is 5.75 Å². The lowest BCUT2D eigenvalue weighted by Gasteiger charge is -2.19. The van der Waals surface area contributed by atoms with Crippen LogP contribution in [0.3, 0.4) is 0 Å². The Hall–Kier alpha value is -1.75. The molecule has 1 aromatic rings. The zero-order chi connectivity index (χ0) is 16.5. The van der Waals surface area contributed by atoms with Crippen LogP contribution in [0, 0.1) is 19.8 Å². The van der Waals surface area contributed by atoms with Gasteiger partial charge in [-0.15, -0.1) is 0 Å². The minimum absolute atomic E-state index is 0.0399. The van der Waals surface area contributed by atoms with E-state index in [1.807, 2.05) is 45.9 Å². The van der Waals surface area contributed by atoms with Gasteiger partial charge < -0.3 is 20.5 Å². The summed E-state index contributed by atoms with van der Waals surface area (Å²) in [5, 5.41) is 14.6. The minimum Gasteiger partial charge on any atom is -0.493 e. The highest BCUT2D eigenvalue weighted by Gasteiger charge is 2.13. The predicted octanol–water partition coefficient (Wildman–Crippen LogP) is 2.39. The zero-order valence-corrected chi connectivity index (χ0v) is 14.0. The molecule has 0 spiro atoms. The largest absolute Gasteiger partial charge is 0.493 e. The number of aliphatic hydroxyl groups excluding tert-OH is 1. The first-order chi connectivity index (χ1) is 10.5. The number of ether oxygens (including phenoxy) is 1. The van der Waals surface area contributed by atoms with E-state index in [0.29, 0.717) is 13.2 Å². The van der Waals surface area contributed by atoms with Crippen LogP contribution in [0.25, 0.3) is 0 Å². The third-order valence-corrected chi connectivity index (χ3v) is 3.76. The minimum atomic E-state index is -0.208. The fraction of sp³-hybridized carbons (Fsp3) is 0.588. The summed E-state index contributed by atoms with van der Waals surface area (Å²) in [6.07, 6.45) is 0.741. The molecule has 22 heavy (non-hydrogen) atoms. The Morgan fingerprint density at radius 3 is 2.50 bits per heavy atom. The van der Waals surface area contributed by atoms with Crippen molar-refractivity contribution in [2.24, 2.45) is 5.92 Å². The van der Waals surface area contributed by atoms with Crippen molar-refractivity contribution in [1.29, 1.82) is 0 Å². The maximum atomic E-state index is 11.7. The first-order valence-corrected chi connectivity index (χ1v) is 7.80. The number of urea groups is 1. The Kier molecular flexibility index (Phi) is 7.74. The van der Waals surface area contributed by atoms with E-state index in [1.54, 1.807) is 0 Å². The van der Waals surface area contributed by atoms with Gasteiger partial charge in [-0.05, 0) is 44.2 Å². The van der Waals surface area contributed by atoms with E-state index in [2.05, 4.69) is 10.6 Å². The number of nitrogens with one attached hydrogen (secondary N) is 2. The number of aryl methyl sites for hydroxylation is 2. The van der Waals surface area contributed by atoms with E-state index in [1.165, 1.54) is 0 Å². The van der Waals surface area contributed by atoms with E-state index in [-0.39, 0.29) is 24.6 Å². The highest BCUT2D eigenvalue weighted by atomic mass is 16.5. The molecule has 0 heterocycles. The molecule has 0 fully saturated rings. The second-order valence-electron chi connectivity index (χ2n) is 5.77. The fourth-order valence-corrected chi connectivity index (χ4v) is 2.03. The molecule has 3 N–H and O–H groups in total. The van der Waals surface area contributed by atoms with Crippen LogP contribution >= 0.6 is 0 Å². The maximum Gasteiger partial charge on any atom is 0.315 e. The van der Waals surface area contributed by atoms with Crippen LogP contribution in [-0.2, 0) is 0 Å². The van der Waals surface area contributed by atoms with E-state index >= 15 is 0 Å². The van der Waals surface area contributed by atoms with Gasteiger partial charge in [0.25, 0.3) is 0 Å². The molecule has 0 aliphatic rings. The number of carbonyl (C=O) groups excluding carboxylic acids is 1. The number of amides is 2. The lowest BCUT2D eigenvalue weighted by Crippen LogP contribution is -2.44. The van der Waals surface area contributed by atoms with Gasteiger partial charge in [0.15, 0.2) is 0 Å². The van der Waals surface area contributed by atoms with E-state index in [4.69, 9.17) is 9.84 Å². The van der Waals surface area contributed by atoms with E-state index < -0.39 is 0 Å². The quantitative estimate of drug-likeness (QED) is 0.646. The summed E-state index contributed by atoms with van der Waals surface area (Å²) in [7, 11) is 0. The highest BCUT2D eigenvalue weighted by Crippen LogP contribution is 2.22. The second kappa shape index (κ2) is 9.30. The molecule has 2 unspecified atom stereocenters. The van der Waals surface area contributed by atoms with E-state index in [0.717, 1.165) is 23.3 Å². The van der Waals surface area contributed by atoms with E-state index in [9.17, 15) is 4.79 Å². The number of hydrogen-bond donors (Lipinski definition) is 3. The average Bonchev–Trinajstić information content (AvgIpc) is 2.48. The standard InChI is InChI=1S/C17H28N2O3/c1-12-7-5-8-13(2)16(12)22-10-6-9-18-17(21)19-15(4)14(3)11-20/h5,7-8,14-15,20H,6,9-11H2,1-4H3,(H2,18,19,21). The summed E-state index contributed by atoms with van der Waals surface area (Å²) in [5.74, 6) is 0.968. The van der Waals surface area contributed by atoms with Crippen LogP contribution in [0.5, 0.6) is 5.75 Å². The lowest BCUT2D eigenvalue weighted by molar-refractivity contribution is 0.200. The van der Waals surface area contributed by atoms with Crippen molar-refractivity contribution in [1.82, 2.24) is 10.6 Å². The van der Waals surface area contributed by atoms with Gasteiger partial charge in [0.05, 0.1) is 6.61 Å². The van der Waals surface area contributed by atoms with Crippen LogP contribution < -0.4 is 15.4 Å². The summed E-state index contributed by atoms with van der Waals surface area (Å²) in [6.45, 7) is 9.00. The van der Waals surface area contributed by atoms with Crippen LogP contribution in [0.15, 0.2) is 18.2 Å². The van der Waals surface area contributed by atoms with Crippen LogP contribution in [0.1, 0.15) is 31.4 Å². The number of benzene rings is 1. The number of carbonyl (C=O) groups is 1. The number of hydrogen-bond acceptors (Lipinski definition) is 3. The molecular formula is C17H28N2O3. The zero-order valence-electron chi connectivity index (χ0n) is 14.0. The van der Waals surface area contributed by atoms with Gasteiger partial charge >= 0.3 is 6.03 Å². The molecular weight excluding hydrogens is 280 g/mol. The van der Waals surface area contributed by atoms with Crippen molar-refractivity contribution in [2.75, 3.05) is 19.8 Å². The molecule has 0 aliphatic carbocycles. The molecule has 2 atom stereocenters. The third-order valence-electron chi connectivity index (χ3n) is 3.76.